The number of benzene rings is 1. The number of hydrogen-bond acceptors (Lipinski definition) is 5. The van der Waals surface area contributed by atoms with E-state index in [1.54, 1.807) is 39.3 Å². The van der Waals surface area contributed by atoms with Crippen LogP contribution >= 0.6 is 0 Å². The number of anilines is 2. The van der Waals surface area contributed by atoms with Gasteiger partial charge in [-0.05, 0) is 31.2 Å². The monoisotopic (exact) mass is 397 g/mol. The molecule has 0 aliphatic rings. The fourth-order valence-electron chi connectivity index (χ4n) is 2.95. The highest BCUT2D eigenvalue weighted by Gasteiger charge is 2.36. The Hall–Kier alpha value is -3.59. The van der Waals surface area contributed by atoms with Gasteiger partial charge < -0.3 is 16.8 Å². The highest BCUT2D eigenvalue weighted by molar-refractivity contribution is 5.99. The van der Waals surface area contributed by atoms with Gasteiger partial charge in [0, 0.05) is 17.3 Å². The fourth-order valence-corrected chi connectivity index (χ4v) is 2.95. The number of nitrogens with zero attached hydrogens (tertiary/aromatic N) is 3. The Morgan fingerprint density at radius 1 is 1.17 bits per heavy atom. The first kappa shape index (κ1) is 20.2. The normalized spacial score (nSPS) is 12.6. The Bertz CT molecular complexity index is 1120. The third-order valence-electron chi connectivity index (χ3n) is 5.02. The SMILES string of the molecule is CC(C(N)=O)[N+](C)(C)c1nc(Nc2ccc3cccnc3c2)c(C(N)=O)cc1F. The molecule has 1 unspecified atom stereocenters. The van der Waals surface area contributed by atoms with Gasteiger partial charge in [-0.25, -0.2) is 0 Å². The second-order valence-electron chi connectivity index (χ2n) is 7.21. The van der Waals surface area contributed by atoms with Gasteiger partial charge in [0.25, 0.3) is 17.6 Å². The van der Waals surface area contributed by atoms with Crippen LogP contribution in [0.2, 0.25) is 0 Å². The van der Waals surface area contributed by atoms with Crippen molar-refractivity contribution >= 4 is 40.0 Å². The zero-order valence-corrected chi connectivity index (χ0v) is 16.3. The summed E-state index contributed by atoms with van der Waals surface area (Å²) in [6.45, 7) is 1.58. The van der Waals surface area contributed by atoms with Crippen LogP contribution in [-0.4, -0.2) is 41.9 Å². The Balaban J connectivity index is 2.10. The molecule has 2 heterocycles. The first-order valence-corrected chi connectivity index (χ1v) is 8.87. The number of nitrogens with one attached hydrogen (secondary N) is 1. The molecule has 1 atom stereocenters. The quantitative estimate of drug-likeness (QED) is 0.549. The highest BCUT2D eigenvalue weighted by Crippen LogP contribution is 2.30. The van der Waals surface area contributed by atoms with E-state index in [1.807, 2.05) is 18.2 Å². The lowest BCUT2D eigenvalue weighted by molar-refractivity contribution is -0.121. The van der Waals surface area contributed by atoms with E-state index in [2.05, 4.69) is 15.3 Å². The van der Waals surface area contributed by atoms with Gasteiger partial charge in [0.05, 0.1) is 25.2 Å². The molecule has 0 saturated heterocycles. The summed E-state index contributed by atoms with van der Waals surface area (Å²) in [5, 5.41) is 3.95. The molecule has 2 aromatic heterocycles. The van der Waals surface area contributed by atoms with E-state index in [-0.39, 0.29) is 21.7 Å². The van der Waals surface area contributed by atoms with Crippen molar-refractivity contribution in [2.75, 3.05) is 19.4 Å². The molecule has 0 radical (unpaired) electrons. The lowest BCUT2D eigenvalue weighted by atomic mass is 10.1. The van der Waals surface area contributed by atoms with E-state index in [1.165, 1.54) is 0 Å². The molecule has 0 aliphatic carbocycles. The number of hydrogen-bond donors (Lipinski definition) is 3. The van der Waals surface area contributed by atoms with Crippen molar-refractivity contribution in [1.82, 2.24) is 14.5 Å². The summed E-state index contributed by atoms with van der Waals surface area (Å²) in [6, 6.07) is 9.42. The molecule has 1 aromatic carbocycles. The van der Waals surface area contributed by atoms with Gasteiger partial charge in [0.2, 0.25) is 5.82 Å². The number of fused-ring (bicyclic) bond motifs is 1. The van der Waals surface area contributed by atoms with Crippen molar-refractivity contribution in [1.29, 1.82) is 0 Å². The van der Waals surface area contributed by atoms with Gasteiger partial charge in [-0.15, -0.1) is 0 Å². The molecule has 0 fully saturated rings. The molecular weight excluding hydrogens is 375 g/mol. The zero-order chi connectivity index (χ0) is 21.3. The minimum atomic E-state index is -0.836. The minimum Gasteiger partial charge on any atom is -0.365 e. The standard InChI is InChI=1S/C20H21FN6O2/c1-11(17(22)28)27(2,3)20-15(21)10-14(18(23)29)19(26-20)25-13-7-6-12-5-4-8-24-16(12)9-13/h4-11H,1-3H3,(H4-,22,23,24,25,26,28,29)/p+1. The van der Waals surface area contributed by atoms with Crippen LogP contribution in [0.15, 0.2) is 42.6 Å². The van der Waals surface area contributed by atoms with Crippen LogP contribution in [0.5, 0.6) is 0 Å². The molecule has 0 saturated carbocycles. The van der Waals surface area contributed by atoms with Crippen LogP contribution in [0.4, 0.5) is 21.7 Å². The third kappa shape index (κ3) is 3.85. The summed E-state index contributed by atoms with van der Waals surface area (Å²) >= 11 is 0. The van der Waals surface area contributed by atoms with Gasteiger partial charge in [-0.1, -0.05) is 12.1 Å². The smallest absolute Gasteiger partial charge is 0.275 e. The van der Waals surface area contributed by atoms with Gasteiger partial charge in [-0.2, -0.15) is 9.37 Å². The lowest BCUT2D eigenvalue weighted by Crippen LogP contribution is -2.55. The number of quaternary nitrogens is 1. The van der Waals surface area contributed by atoms with Gasteiger partial charge >= 0.3 is 0 Å². The highest BCUT2D eigenvalue weighted by atomic mass is 19.1. The number of nitrogens with two attached hydrogens (primary N) is 2. The summed E-state index contributed by atoms with van der Waals surface area (Å²) < 4.78 is 14.5. The molecule has 2 amide bonds. The van der Waals surface area contributed by atoms with E-state index in [4.69, 9.17) is 11.5 Å². The maximum absolute atomic E-state index is 14.8. The molecule has 0 aliphatic heterocycles. The number of aromatic nitrogens is 2. The number of carbonyl (C=O) groups excluding carboxylic acids is 2. The molecule has 3 aromatic rings. The van der Waals surface area contributed by atoms with Gasteiger partial charge in [0.1, 0.15) is 5.82 Å². The van der Waals surface area contributed by atoms with E-state index in [0.29, 0.717) is 5.69 Å². The number of halogens is 1. The maximum Gasteiger partial charge on any atom is 0.275 e. The number of primary amides is 2. The summed E-state index contributed by atoms with van der Waals surface area (Å²) in [5.74, 6) is -2.18. The van der Waals surface area contributed by atoms with Crippen LogP contribution < -0.4 is 21.3 Å². The Morgan fingerprint density at radius 3 is 2.55 bits per heavy atom. The molecule has 5 N–H and O–H groups in total. The molecule has 3 rings (SSSR count). The molecular formula is C20H22FN6O2+. The average molecular weight is 397 g/mol. The molecule has 8 nitrogen and oxygen atoms in total. The predicted molar refractivity (Wildman–Crippen MR) is 110 cm³/mol. The second kappa shape index (κ2) is 7.44. The molecule has 150 valence electrons. The number of rotatable bonds is 6. The first-order valence-electron chi connectivity index (χ1n) is 8.87. The molecule has 29 heavy (non-hydrogen) atoms. The van der Waals surface area contributed by atoms with Gasteiger partial charge in [-0.3, -0.25) is 19.1 Å². The summed E-state index contributed by atoms with van der Waals surface area (Å²) in [5.41, 5.74) is 12.0. The van der Waals surface area contributed by atoms with Gasteiger partial charge in [0.15, 0.2) is 6.04 Å². The van der Waals surface area contributed by atoms with Crippen LogP contribution in [0.1, 0.15) is 17.3 Å². The van der Waals surface area contributed by atoms with Crippen molar-refractivity contribution in [3.63, 3.8) is 0 Å². The summed E-state index contributed by atoms with van der Waals surface area (Å²) in [7, 11) is 3.21. The van der Waals surface area contributed by atoms with E-state index >= 15 is 0 Å². The summed E-state index contributed by atoms with van der Waals surface area (Å²) in [4.78, 5) is 32.1. The van der Waals surface area contributed by atoms with E-state index < -0.39 is 23.7 Å². The van der Waals surface area contributed by atoms with Crippen molar-refractivity contribution in [3.05, 3.63) is 54.0 Å². The number of likely N-dealkylation sites (N-methyl/N-ethyl adjacent to an activating group) is 1. The molecule has 0 spiro atoms. The number of carbonyl (C=O) groups is 2. The van der Waals surface area contributed by atoms with E-state index in [9.17, 15) is 14.0 Å². The Labute approximate surface area is 166 Å². The van der Waals surface area contributed by atoms with Crippen molar-refractivity contribution in [2.45, 2.75) is 13.0 Å². The number of pyridine rings is 2. The fraction of sp³-hybridized carbons (Fsp3) is 0.200. The van der Waals surface area contributed by atoms with Crippen LogP contribution in [-0.2, 0) is 4.79 Å². The van der Waals surface area contributed by atoms with E-state index in [0.717, 1.165) is 17.0 Å². The van der Waals surface area contributed by atoms with Crippen LogP contribution in [0.3, 0.4) is 0 Å². The summed E-state index contributed by atoms with van der Waals surface area (Å²) in [6.07, 6.45) is 1.67. The second-order valence-corrected chi connectivity index (χ2v) is 7.21. The lowest BCUT2D eigenvalue weighted by Gasteiger charge is -2.32. The van der Waals surface area contributed by atoms with Crippen LogP contribution in [0.25, 0.3) is 10.9 Å². The molecule has 9 heteroatoms. The number of amides is 2. The first-order chi connectivity index (χ1) is 13.6. The molecule has 0 bridgehead atoms. The topological polar surface area (TPSA) is 124 Å². The maximum atomic E-state index is 14.8. The largest absolute Gasteiger partial charge is 0.365 e. The minimum absolute atomic E-state index is 0.0530. The van der Waals surface area contributed by atoms with Crippen molar-refractivity contribution < 1.29 is 14.0 Å². The Kier molecular flexibility index (Phi) is 5.17. The van der Waals surface area contributed by atoms with Crippen molar-refractivity contribution in [3.8, 4) is 0 Å². The average Bonchev–Trinajstić information content (AvgIpc) is 2.67. The van der Waals surface area contributed by atoms with Crippen LogP contribution in [0, 0.1) is 5.82 Å². The predicted octanol–water partition coefficient (Wildman–Crippen LogP) is 2.05. The van der Waals surface area contributed by atoms with Crippen molar-refractivity contribution in [2.24, 2.45) is 11.5 Å². The zero-order valence-electron chi connectivity index (χ0n) is 16.3. The Morgan fingerprint density at radius 2 is 1.90 bits per heavy atom. The third-order valence-corrected chi connectivity index (χ3v) is 5.02.